The number of hydrogen-bond donors (Lipinski definition) is 0. The van der Waals surface area contributed by atoms with Crippen molar-refractivity contribution in [1.29, 1.82) is 0 Å². The van der Waals surface area contributed by atoms with Gasteiger partial charge in [0.2, 0.25) is 3.79 Å². The van der Waals surface area contributed by atoms with Gasteiger partial charge in [0.05, 0.1) is 0 Å². The quantitative estimate of drug-likeness (QED) is 0.600. The van der Waals surface area contributed by atoms with Crippen LogP contribution in [-0.2, 0) is 4.74 Å². The smallest absolute Gasteiger partial charge is 0.434 e. The van der Waals surface area contributed by atoms with E-state index in [1.165, 1.54) is 20.1 Å². The van der Waals surface area contributed by atoms with E-state index in [0.29, 0.717) is 0 Å². The van der Waals surface area contributed by atoms with Crippen molar-refractivity contribution in [2.75, 3.05) is 0 Å². The van der Waals surface area contributed by atoms with Crippen LogP contribution in [0.25, 0.3) is 0 Å². The van der Waals surface area contributed by atoms with E-state index in [1.54, 1.807) is 12.1 Å². The Morgan fingerprint density at radius 3 is 2.28 bits per heavy atom. The number of nitrogens with zero attached hydrogens (tertiary/aromatic N) is 1. The SMILES string of the molecule is CC(C)(OC(=O)/N=C\c1ccccc1)C(Cl)(Cl)Cl. The molecule has 0 aliphatic rings. The van der Waals surface area contributed by atoms with Gasteiger partial charge in [-0.05, 0) is 19.4 Å². The van der Waals surface area contributed by atoms with Gasteiger partial charge in [-0.2, -0.15) is 4.99 Å². The Hall–Kier alpha value is -0.770. The van der Waals surface area contributed by atoms with Gasteiger partial charge in [-0.25, -0.2) is 4.79 Å². The molecule has 0 spiro atoms. The van der Waals surface area contributed by atoms with Gasteiger partial charge >= 0.3 is 6.09 Å². The Balaban J connectivity index is 2.66. The zero-order chi connectivity index (χ0) is 13.8. The van der Waals surface area contributed by atoms with Gasteiger partial charge in [0, 0.05) is 6.21 Å². The first-order valence-corrected chi connectivity index (χ1v) is 6.24. The number of aliphatic imine (C=N–C) groups is 1. The Morgan fingerprint density at radius 1 is 1.22 bits per heavy atom. The van der Waals surface area contributed by atoms with Crippen molar-refractivity contribution in [2.45, 2.75) is 23.2 Å². The molecule has 0 aliphatic heterocycles. The van der Waals surface area contributed by atoms with Crippen LogP contribution < -0.4 is 0 Å². The fraction of sp³-hybridized carbons (Fsp3) is 0.333. The summed E-state index contributed by atoms with van der Waals surface area (Å²) in [6.45, 7) is 2.99. The minimum absolute atomic E-state index is 0.779. The second-order valence-electron chi connectivity index (χ2n) is 4.04. The number of benzene rings is 1. The Morgan fingerprint density at radius 2 is 1.78 bits per heavy atom. The molecular formula is C12H12Cl3NO2. The molecule has 0 saturated carbocycles. The van der Waals surface area contributed by atoms with E-state index in [9.17, 15) is 4.79 Å². The molecule has 98 valence electrons. The normalized spacial score (nSPS) is 12.7. The van der Waals surface area contributed by atoms with E-state index in [2.05, 4.69) is 4.99 Å². The zero-order valence-electron chi connectivity index (χ0n) is 9.86. The molecule has 0 N–H and O–H groups in total. The zero-order valence-corrected chi connectivity index (χ0v) is 12.1. The van der Waals surface area contributed by atoms with E-state index in [0.717, 1.165) is 5.56 Å². The van der Waals surface area contributed by atoms with Gasteiger partial charge in [0.1, 0.15) is 0 Å². The molecule has 0 heterocycles. The lowest BCUT2D eigenvalue weighted by Gasteiger charge is -2.30. The molecule has 0 aliphatic carbocycles. The molecule has 3 nitrogen and oxygen atoms in total. The van der Waals surface area contributed by atoms with Gasteiger partial charge in [0.25, 0.3) is 0 Å². The first kappa shape index (κ1) is 15.3. The molecule has 1 aromatic carbocycles. The van der Waals surface area contributed by atoms with Gasteiger partial charge in [0.15, 0.2) is 5.60 Å². The second kappa shape index (κ2) is 5.91. The summed E-state index contributed by atoms with van der Waals surface area (Å²) in [6.07, 6.45) is 0.576. The highest BCUT2D eigenvalue weighted by Crippen LogP contribution is 2.40. The van der Waals surface area contributed by atoms with Crippen LogP contribution in [0.15, 0.2) is 35.3 Å². The molecule has 0 saturated heterocycles. The van der Waals surface area contributed by atoms with Crippen LogP contribution in [0.3, 0.4) is 0 Å². The first-order chi connectivity index (χ1) is 8.22. The molecule has 18 heavy (non-hydrogen) atoms. The fourth-order valence-electron chi connectivity index (χ4n) is 0.969. The van der Waals surface area contributed by atoms with Gasteiger partial charge in [-0.15, -0.1) is 0 Å². The van der Waals surface area contributed by atoms with Crippen LogP contribution in [0.4, 0.5) is 4.79 Å². The number of hydrogen-bond acceptors (Lipinski definition) is 2. The lowest BCUT2D eigenvalue weighted by atomic mass is 10.2. The second-order valence-corrected chi connectivity index (χ2v) is 6.33. The fourth-order valence-corrected chi connectivity index (χ4v) is 1.08. The maximum Gasteiger partial charge on any atom is 0.434 e. The van der Waals surface area contributed by atoms with Crippen molar-refractivity contribution in [2.24, 2.45) is 4.99 Å². The predicted octanol–water partition coefficient (Wildman–Crippen LogP) is 4.39. The third kappa shape index (κ3) is 4.48. The number of carbonyl (C=O) groups excluding carboxylic acids is 1. The lowest BCUT2D eigenvalue weighted by Crippen LogP contribution is -2.40. The van der Waals surface area contributed by atoms with Gasteiger partial charge in [-0.1, -0.05) is 65.1 Å². The van der Waals surface area contributed by atoms with Crippen molar-refractivity contribution < 1.29 is 9.53 Å². The summed E-state index contributed by atoms with van der Waals surface area (Å²) in [5, 5.41) is 0. The van der Waals surface area contributed by atoms with Crippen molar-refractivity contribution >= 4 is 47.1 Å². The third-order valence-corrected chi connectivity index (χ3v) is 3.51. The summed E-state index contributed by atoms with van der Waals surface area (Å²) in [4.78, 5) is 15.1. The first-order valence-electron chi connectivity index (χ1n) is 5.11. The van der Waals surface area contributed by atoms with Crippen LogP contribution in [0.2, 0.25) is 0 Å². The summed E-state index contributed by atoms with van der Waals surface area (Å²) >= 11 is 17.1. The molecule has 6 heteroatoms. The number of alkyl halides is 3. The Labute approximate surface area is 121 Å². The molecule has 0 aromatic heterocycles. The molecule has 1 amide bonds. The Bertz CT molecular complexity index is 438. The van der Waals surface area contributed by atoms with Crippen molar-refractivity contribution in [3.05, 3.63) is 35.9 Å². The monoisotopic (exact) mass is 307 g/mol. The van der Waals surface area contributed by atoms with Gasteiger partial charge in [-0.3, -0.25) is 0 Å². The van der Waals surface area contributed by atoms with Crippen molar-refractivity contribution in [1.82, 2.24) is 0 Å². The minimum Gasteiger partial charge on any atom is -0.437 e. The van der Waals surface area contributed by atoms with Crippen molar-refractivity contribution in [3.8, 4) is 0 Å². The lowest BCUT2D eigenvalue weighted by molar-refractivity contribution is 0.0490. The van der Waals surface area contributed by atoms with E-state index in [-0.39, 0.29) is 0 Å². The van der Waals surface area contributed by atoms with E-state index < -0.39 is 15.5 Å². The molecule has 0 atom stereocenters. The number of ether oxygens (including phenoxy) is 1. The molecule has 0 fully saturated rings. The summed E-state index contributed by atoms with van der Waals surface area (Å²) in [7, 11) is 0. The molecule has 0 unspecified atom stereocenters. The van der Waals surface area contributed by atoms with E-state index in [4.69, 9.17) is 39.5 Å². The number of halogens is 3. The topological polar surface area (TPSA) is 38.7 Å². The van der Waals surface area contributed by atoms with Crippen molar-refractivity contribution in [3.63, 3.8) is 0 Å². The minimum atomic E-state index is -1.72. The van der Waals surface area contributed by atoms with E-state index >= 15 is 0 Å². The number of carbonyl (C=O) groups is 1. The summed E-state index contributed by atoms with van der Waals surface area (Å²) < 4.78 is 3.27. The number of rotatable bonds is 2. The van der Waals surface area contributed by atoms with Crippen LogP contribution >= 0.6 is 34.8 Å². The van der Waals surface area contributed by atoms with Crippen LogP contribution in [0.5, 0.6) is 0 Å². The van der Waals surface area contributed by atoms with Gasteiger partial charge < -0.3 is 4.74 Å². The standard InChI is InChI=1S/C12H12Cl3NO2/c1-11(2,12(13,14)15)18-10(17)16-8-9-6-4-3-5-7-9/h3-8H,1-2H3/b16-8-. The summed E-state index contributed by atoms with van der Waals surface area (Å²) in [5.74, 6) is 0. The molecular weight excluding hydrogens is 296 g/mol. The van der Waals surface area contributed by atoms with Crippen LogP contribution in [0.1, 0.15) is 19.4 Å². The Kier molecular flexibility index (Phi) is 5.02. The summed E-state index contributed by atoms with van der Waals surface area (Å²) in [5.41, 5.74) is -0.482. The molecule has 0 radical (unpaired) electrons. The molecule has 1 aromatic rings. The average Bonchev–Trinajstić information content (AvgIpc) is 2.26. The van der Waals surface area contributed by atoms with E-state index in [1.807, 2.05) is 18.2 Å². The molecule has 1 rings (SSSR count). The third-order valence-electron chi connectivity index (χ3n) is 2.14. The average molecular weight is 309 g/mol. The predicted molar refractivity (Wildman–Crippen MR) is 74.9 cm³/mol. The maximum absolute atomic E-state index is 11.5. The largest absolute Gasteiger partial charge is 0.437 e. The van der Waals surface area contributed by atoms with Crippen LogP contribution in [0, 0.1) is 0 Å². The number of amides is 1. The highest BCUT2D eigenvalue weighted by atomic mass is 35.6. The van der Waals surface area contributed by atoms with Crippen LogP contribution in [-0.4, -0.2) is 21.7 Å². The molecule has 0 bridgehead atoms. The maximum atomic E-state index is 11.5. The highest BCUT2D eigenvalue weighted by molar-refractivity contribution is 6.68. The highest BCUT2D eigenvalue weighted by Gasteiger charge is 2.44. The summed E-state index contributed by atoms with van der Waals surface area (Å²) in [6, 6.07) is 9.13.